The van der Waals surface area contributed by atoms with Crippen LogP contribution in [0.1, 0.15) is 6.42 Å². The Morgan fingerprint density at radius 3 is 2.95 bits per heavy atom. The number of anilines is 2. The first kappa shape index (κ1) is 15.3. The molecule has 0 saturated carbocycles. The molecule has 0 aromatic carbocycles. The Bertz CT molecular complexity index is 734. The molecule has 0 amide bonds. The maximum Gasteiger partial charge on any atom is 0.208 e. The number of rotatable bonds is 5. The van der Waals surface area contributed by atoms with E-state index < -0.39 is 10.0 Å². The highest BCUT2D eigenvalue weighted by molar-refractivity contribution is 7.99. The summed E-state index contributed by atoms with van der Waals surface area (Å²) < 4.78 is 24.8. The van der Waals surface area contributed by atoms with E-state index in [-0.39, 0.29) is 0 Å². The fraction of sp³-hybridized carbons (Fsp3) is 0.286. The quantitative estimate of drug-likeness (QED) is 0.842. The molecule has 0 spiro atoms. The average Bonchev–Trinajstić information content (AvgIpc) is 2.49. The first-order valence-electron chi connectivity index (χ1n) is 6.84. The van der Waals surface area contributed by atoms with Gasteiger partial charge in [0.15, 0.2) is 0 Å². The molecule has 1 aliphatic rings. The maximum atomic E-state index is 11.1. The van der Waals surface area contributed by atoms with E-state index in [2.05, 4.69) is 19.6 Å². The van der Waals surface area contributed by atoms with E-state index in [1.165, 1.54) is 6.26 Å². The molecule has 1 N–H and O–H groups in total. The van der Waals surface area contributed by atoms with Gasteiger partial charge in [-0.1, -0.05) is 11.8 Å². The molecule has 0 aliphatic carbocycles. The minimum Gasteiger partial charge on any atom is -0.323 e. The van der Waals surface area contributed by atoms with Crippen LogP contribution in [0.3, 0.4) is 0 Å². The van der Waals surface area contributed by atoms with E-state index >= 15 is 0 Å². The SMILES string of the molecule is CS(=O)(=O)NCCCN1c2cnccc2Sc2cccnc21. The van der Waals surface area contributed by atoms with Gasteiger partial charge in [0.1, 0.15) is 5.82 Å². The van der Waals surface area contributed by atoms with Crippen molar-refractivity contribution in [1.82, 2.24) is 14.7 Å². The molecule has 0 atom stereocenters. The van der Waals surface area contributed by atoms with Gasteiger partial charge in [0.2, 0.25) is 10.0 Å². The second kappa shape index (κ2) is 6.23. The smallest absolute Gasteiger partial charge is 0.208 e. The summed E-state index contributed by atoms with van der Waals surface area (Å²) in [5.41, 5.74) is 1.01. The molecule has 2 aromatic rings. The molecule has 0 unspecified atom stereocenters. The monoisotopic (exact) mass is 336 g/mol. The summed E-state index contributed by atoms with van der Waals surface area (Å²) in [6.07, 6.45) is 7.21. The fourth-order valence-electron chi connectivity index (χ4n) is 2.28. The van der Waals surface area contributed by atoms with Crippen LogP contribution in [0, 0.1) is 0 Å². The molecule has 0 radical (unpaired) electrons. The third-order valence-corrected chi connectivity index (χ3v) is 5.03. The van der Waals surface area contributed by atoms with Crippen molar-refractivity contribution < 1.29 is 8.42 Å². The van der Waals surface area contributed by atoms with E-state index in [1.807, 2.05) is 24.4 Å². The minimum atomic E-state index is -3.15. The Kier molecular flexibility index (Phi) is 4.32. The molecule has 3 rings (SSSR count). The standard InChI is InChI=1S/C14H16N4O2S2/c1-22(19,20)17-7-3-9-18-11-10-15-8-5-12(11)21-13-4-2-6-16-14(13)18/h2,4-6,8,10,17H,3,7,9H2,1H3. The Morgan fingerprint density at radius 2 is 2.14 bits per heavy atom. The molecular weight excluding hydrogens is 320 g/mol. The van der Waals surface area contributed by atoms with Gasteiger partial charge in [-0.3, -0.25) is 4.98 Å². The number of aromatic nitrogens is 2. The van der Waals surface area contributed by atoms with E-state index in [9.17, 15) is 8.42 Å². The van der Waals surface area contributed by atoms with E-state index in [0.717, 1.165) is 21.3 Å². The zero-order valence-corrected chi connectivity index (χ0v) is 13.7. The maximum absolute atomic E-state index is 11.1. The van der Waals surface area contributed by atoms with Crippen molar-refractivity contribution in [1.29, 1.82) is 0 Å². The summed E-state index contributed by atoms with van der Waals surface area (Å²) in [5.74, 6) is 0.896. The molecule has 0 bridgehead atoms. The van der Waals surface area contributed by atoms with Crippen molar-refractivity contribution in [2.75, 3.05) is 24.2 Å². The lowest BCUT2D eigenvalue weighted by molar-refractivity contribution is 0.585. The molecule has 3 heterocycles. The van der Waals surface area contributed by atoms with E-state index in [1.54, 1.807) is 24.2 Å². The fourth-order valence-corrected chi connectivity index (χ4v) is 3.83. The van der Waals surface area contributed by atoms with E-state index in [0.29, 0.717) is 19.5 Å². The number of fused-ring (bicyclic) bond motifs is 2. The Morgan fingerprint density at radius 1 is 1.27 bits per heavy atom. The first-order chi connectivity index (χ1) is 10.5. The highest BCUT2D eigenvalue weighted by Gasteiger charge is 2.24. The molecule has 1 aliphatic heterocycles. The summed E-state index contributed by atoms with van der Waals surface area (Å²) >= 11 is 1.67. The van der Waals surface area contributed by atoms with Crippen molar-refractivity contribution in [3.05, 3.63) is 36.8 Å². The predicted octanol–water partition coefficient (Wildman–Crippen LogP) is 2.02. The van der Waals surface area contributed by atoms with Gasteiger partial charge in [-0.05, 0) is 24.6 Å². The number of hydrogen-bond acceptors (Lipinski definition) is 6. The average molecular weight is 336 g/mol. The van der Waals surface area contributed by atoms with Crippen molar-refractivity contribution in [3.8, 4) is 0 Å². The number of pyridine rings is 2. The van der Waals surface area contributed by atoms with Crippen LogP contribution in [-0.4, -0.2) is 37.7 Å². The lowest BCUT2D eigenvalue weighted by atomic mass is 10.3. The molecule has 2 aromatic heterocycles. The highest BCUT2D eigenvalue weighted by atomic mass is 32.2. The number of nitrogens with one attached hydrogen (secondary N) is 1. The van der Waals surface area contributed by atoms with Crippen LogP contribution in [0.15, 0.2) is 46.6 Å². The lowest BCUT2D eigenvalue weighted by Crippen LogP contribution is -2.28. The normalized spacial score (nSPS) is 13.6. The van der Waals surface area contributed by atoms with Gasteiger partial charge in [-0.2, -0.15) is 0 Å². The summed E-state index contributed by atoms with van der Waals surface area (Å²) in [4.78, 5) is 13.0. The van der Waals surface area contributed by atoms with Gasteiger partial charge in [0.05, 0.1) is 23.0 Å². The van der Waals surface area contributed by atoms with Crippen LogP contribution in [0.5, 0.6) is 0 Å². The van der Waals surface area contributed by atoms with Crippen LogP contribution in [0.25, 0.3) is 0 Å². The molecule has 6 nitrogen and oxygen atoms in total. The minimum absolute atomic E-state index is 0.403. The van der Waals surface area contributed by atoms with Gasteiger partial charge in [-0.25, -0.2) is 18.1 Å². The molecule has 22 heavy (non-hydrogen) atoms. The Balaban J connectivity index is 1.81. The zero-order chi connectivity index (χ0) is 15.6. The number of sulfonamides is 1. The van der Waals surface area contributed by atoms with Gasteiger partial charge >= 0.3 is 0 Å². The van der Waals surface area contributed by atoms with Crippen LogP contribution >= 0.6 is 11.8 Å². The van der Waals surface area contributed by atoms with Gasteiger partial charge in [0, 0.05) is 30.4 Å². The summed E-state index contributed by atoms with van der Waals surface area (Å²) in [6, 6.07) is 5.94. The van der Waals surface area contributed by atoms with Crippen molar-refractivity contribution in [2.24, 2.45) is 0 Å². The summed E-state index contributed by atoms with van der Waals surface area (Å²) in [7, 11) is -3.15. The van der Waals surface area contributed by atoms with Crippen molar-refractivity contribution in [3.63, 3.8) is 0 Å². The molecular formula is C14H16N4O2S2. The molecule has 8 heteroatoms. The zero-order valence-electron chi connectivity index (χ0n) is 12.1. The molecule has 116 valence electrons. The molecule has 0 fully saturated rings. The second-order valence-corrected chi connectivity index (χ2v) is 7.86. The van der Waals surface area contributed by atoms with Gasteiger partial charge < -0.3 is 4.90 Å². The van der Waals surface area contributed by atoms with Crippen LogP contribution < -0.4 is 9.62 Å². The lowest BCUT2D eigenvalue weighted by Gasteiger charge is -2.31. The number of hydrogen-bond donors (Lipinski definition) is 1. The van der Waals surface area contributed by atoms with Gasteiger partial charge in [0.25, 0.3) is 0 Å². The van der Waals surface area contributed by atoms with Gasteiger partial charge in [-0.15, -0.1) is 0 Å². The third-order valence-electron chi connectivity index (χ3n) is 3.20. The summed E-state index contributed by atoms with van der Waals surface area (Å²) in [6.45, 7) is 1.08. The van der Waals surface area contributed by atoms with Crippen molar-refractivity contribution in [2.45, 2.75) is 16.2 Å². The topological polar surface area (TPSA) is 75.2 Å². The Labute approximate surface area is 134 Å². The van der Waals surface area contributed by atoms with E-state index in [4.69, 9.17) is 0 Å². The summed E-state index contributed by atoms with van der Waals surface area (Å²) in [5, 5.41) is 0. The third kappa shape index (κ3) is 3.40. The largest absolute Gasteiger partial charge is 0.323 e. The highest BCUT2D eigenvalue weighted by Crippen LogP contribution is 2.46. The van der Waals surface area contributed by atoms with Crippen LogP contribution in [0.2, 0.25) is 0 Å². The second-order valence-electron chi connectivity index (χ2n) is 4.94. The molecule has 0 saturated heterocycles. The predicted molar refractivity (Wildman–Crippen MR) is 87.1 cm³/mol. The van der Waals surface area contributed by atoms with Crippen LogP contribution in [-0.2, 0) is 10.0 Å². The number of nitrogens with zero attached hydrogens (tertiary/aromatic N) is 3. The first-order valence-corrected chi connectivity index (χ1v) is 9.54. The van der Waals surface area contributed by atoms with Crippen molar-refractivity contribution >= 4 is 33.3 Å². The Hall–Kier alpha value is -1.64. The van der Waals surface area contributed by atoms with Crippen LogP contribution in [0.4, 0.5) is 11.5 Å².